The van der Waals surface area contributed by atoms with Gasteiger partial charge in [0.15, 0.2) is 17.0 Å². The minimum absolute atomic E-state index is 0.857. The molecule has 0 amide bonds. The first-order valence-electron chi connectivity index (χ1n) is 5.54. The van der Waals surface area contributed by atoms with E-state index < -0.39 is 60.6 Å². The first kappa shape index (κ1) is 18.3. The fraction of sp³-hybridized carbons (Fsp3) is 0.636. The predicted molar refractivity (Wildman–Crippen MR) is 61.6 cm³/mol. The third kappa shape index (κ3) is 3.45. The van der Waals surface area contributed by atoms with Gasteiger partial charge in [-0.2, -0.15) is 0 Å². The zero-order chi connectivity index (χ0) is 16.1. The fourth-order valence-corrected chi connectivity index (χ4v) is 1.69. The summed E-state index contributed by atoms with van der Waals surface area (Å²) in [6, 6.07) is 0. The van der Waals surface area contributed by atoms with Crippen molar-refractivity contribution in [3.63, 3.8) is 0 Å². The number of carbonyl (C=O) groups is 4. The number of hydrogen-bond acceptors (Lipinski definition) is 8. The van der Waals surface area contributed by atoms with Crippen molar-refractivity contribution in [2.24, 2.45) is 5.41 Å². The number of carbonyl (C=O) groups excluding carboxylic acids is 3. The summed E-state index contributed by atoms with van der Waals surface area (Å²) in [5.41, 5.74) is -3.05. The Kier molecular flexibility index (Phi) is 6.59. The van der Waals surface area contributed by atoms with Crippen LogP contribution in [0.2, 0.25) is 0 Å². The van der Waals surface area contributed by atoms with E-state index in [0.717, 1.165) is 6.92 Å². The van der Waals surface area contributed by atoms with Crippen LogP contribution < -0.4 is 0 Å². The first-order valence-corrected chi connectivity index (χ1v) is 5.54. The van der Waals surface area contributed by atoms with Crippen LogP contribution in [0.15, 0.2) is 0 Å². The lowest BCUT2D eigenvalue weighted by molar-refractivity contribution is -0.169. The Bertz CT molecular complexity index is 392. The van der Waals surface area contributed by atoms with Gasteiger partial charge in [-0.05, 0) is 6.92 Å². The van der Waals surface area contributed by atoms with E-state index in [4.69, 9.17) is 15.3 Å². The van der Waals surface area contributed by atoms with Crippen LogP contribution in [0.5, 0.6) is 0 Å². The van der Waals surface area contributed by atoms with E-state index in [1.165, 1.54) is 0 Å². The standard InChI is InChI=1S/C11H16O9/c1-5(14)2-11(10(19)20,8(17)6(15)3-12)9(18)7(16)4-13/h6-7,12-13,15-16H,2-4H2,1H3,(H,19,20). The van der Waals surface area contributed by atoms with Crippen molar-refractivity contribution in [2.45, 2.75) is 25.6 Å². The van der Waals surface area contributed by atoms with Crippen LogP contribution in [-0.2, 0) is 19.2 Å². The molecule has 0 radical (unpaired) electrons. The van der Waals surface area contributed by atoms with Gasteiger partial charge in [0.2, 0.25) is 0 Å². The van der Waals surface area contributed by atoms with E-state index in [0.29, 0.717) is 0 Å². The monoisotopic (exact) mass is 292 g/mol. The van der Waals surface area contributed by atoms with Crippen molar-refractivity contribution >= 4 is 23.3 Å². The molecule has 0 aliphatic carbocycles. The Labute approximate surface area is 113 Å². The fourth-order valence-electron chi connectivity index (χ4n) is 1.69. The number of aliphatic hydroxyl groups excluding tert-OH is 4. The third-order valence-corrected chi connectivity index (χ3v) is 2.67. The third-order valence-electron chi connectivity index (χ3n) is 2.67. The second-order valence-electron chi connectivity index (χ2n) is 4.21. The molecular formula is C11H16O9. The Balaban J connectivity index is 5.96. The van der Waals surface area contributed by atoms with Crippen LogP contribution in [0.1, 0.15) is 13.3 Å². The topological polar surface area (TPSA) is 169 Å². The summed E-state index contributed by atoms with van der Waals surface area (Å²) in [6.45, 7) is -1.41. The molecule has 0 fully saturated rings. The lowest BCUT2D eigenvalue weighted by Crippen LogP contribution is -2.56. The average Bonchev–Trinajstić information content (AvgIpc) is 2.40. The summed E-state index contributed by atoms with van der Waals surface area (Å²) in [5, 5.41) is 45.0. The van der Waals surface area contributed by atoms with Gasteiger partial charge in [-0.1, -0.05) is 0 Å². The van der Waals surface area contributed by atoms with E-state index in [1.807, 2.05) is 0 Å². The molecule has 2 atom stereocenters. The van der Waals surface area contributed by atoms with E-state index in [-0.39, 0.29) is 0 Å². The molecule has 0 aromatic carbocycles. The SMILES string of the molecule is CC(=O)CC(C(=O)O)(C(=O)C(O)CO)C(=O)C(O)CO. The number of rotatable bonds is 9. The van der Waals surface area contributed by atoms with Gasteiger partial charge in [-0.25, -0.2) is 0 Å². The zero-order valence-corrected chi connectivity index (χ0v) is 10.6. The normalized spacial score (nSPS) is 16.9. The van der Waals surface area contributed by atoms with Crippen molar-refractivity contribution in [2.75, 3.05) is 13.2 Å². The van der Waals surface area contributed by atoms with Crippen LogP contribution in [0.3, 0.4) is 0 Å². The Morgan fingerprint density at radius 2 is 1.30 bits per heavy atom. The second-order valence-corrected chi connectivity index (χ2v) is 4.21. The first-order chi connectivity index (χ1) is 9.14. The minimum Gasteiger partial charge on any atom is -0.480 e. The number of aliphatic hydroxyl groups is 4. The van der Waals surface area contributed by atoms with Gasteiger partial charge in [0.05, 0.1) is 13.2 Å². The molecule has 0 saturated heterocycles. The minimum atomic E-state index is -3.05. The lowest BCUT2D eigenvalue weighted by atomic mass is 9.72. The highest BCUT2D eigenvalue weighted by Crippen LogP contribution is 2.29. The van der Waals surface area contributed by atoms with Crippen molar-refractivity contribution in [1.82, 2.24) is 0 Å². The number of carboxylic acid groups (broad SMARTS) is 1. The number of aliphatic carboxylic acids is 1. The molecule has 2 unspecified atom stereocenters. The molecule has 0 rings (SSSR count). The molecule has 0 bridgehead atoms. The highest BCUT2D eigenvalue weighted by molar-refractivity contribution is 6.25. The molecule has 9 heteroatoms. The molecule has 0 spiro atoms. The van der Waals surface area contributed by atoms with E-state index in [2.05, 4.69) is 0 Å². The lowest BCUT2D eigenvalue weighted by Gasteiger charge is -2.28. The molecule has 0 aromatic heterocycles. The predicted octanol–water partition coefficient (Wildman–Crippen LogP) is -3.12. The number of carboxylic acids is 1. The van der Waals surface area contributed by atoms with Crippen molar-refractivity contribution in [1.29, 1.82) is 0 Å². The Morgan fingerprint density at radius 3 is 1.50 bits per heavy atom. The Morgan fingerprint density at radius 1 is 0.950 bits per heavy atom. The molecule has 0 aliphatic rings. The summed E-state index contributed by atoms with van der Waals surface area (Å²) in [7, 11) is 0. The van der Waals surface area contributed by atoms with E-state index >= 15 is 0 Å². The maximum atomic E-state index is 11.9. The quantitative estimate of drug-likeness (QED) is 0.276. The summed E-state index contributed by atoms with van der Waals surface area (Å²) in [4.78, 5) is 46.2. The summed E-state index contributed by atoms with van der Waals surface area (Å²) < 4.78 is 0. The number of ketones is 3. The van der Waals surface area contributed by atoms with Gasteiger partial charge >= 0.3 is 5.97 Å². The van der Waals surface area contributed by atoms with Crippen LogP contribution >= 0.6 is 0 Å². The molecular weight excluding hydrogens is 276 g/mol. The maximum absolute atomic E-state index is 11.9. The second kappa shape index (κ2) is 7.20. The molecule has 20 heavy (non-hydrogen) atoms. The zero-order valence-electron chi connectivity index (χ0n) is 10.6. The average molecular weight is 292 g/mol. The smallest absolute Gasteiger partial charge is 0.325 e. The molecule has 0 aromatic rings. The van der Waals surface area contributed by atoms with Gasteiger partial charge < -0.3 is 25.5 Å². The highest BCUT2D eigenvalue weighted by atomic mass is 16.4. The highest BCUT2D eigenvalue weighted by Gasteiger charge is 2.56. The van der Waals surface area contributed by atoms with Crippen molar-refractivity contribution in [3.05, 3.63) is 0 Å². The maximum Gasteiger partial charge on any atom is 0.325 e. The summed E-state index contributed by atoms with van der Waals surface area (Å²) >= 11 is 0. The molecule has 0 aliphatic heterocycles. The van der Waals surface area contributed by atoms with Crippen molar-refractivity contribution < 1.29 is 44.7 Å². The molecule has 9 nitrogen and oxygen atoms in total. The number of Topliss-reactive ketones (excluding diaryl/α,β-unsaturated/α-hetero) is 3. The van der Waals surface area contributed by atoms with Crippen molar-refractivity contribution in [3.8, 4) is 0 Å². The van der Waals surface area contributed by atoms with E-state index in [1.54, 1.807) is 0 Å². The molecule has 114 valence electrons. The van der Waals surface area contributed by atoms with Gasteiger partial charge in [-0.15, -0.1) is 0 Å². The summed E-state index contributed by atoms with van der Waals surface area (Å²) in [6.07, 6.45) is -5.52. The Hall–Kier alpha value is -1.68. The van der Waals surface area contributed by atoms with Gasteiger partial charge in [0.1, 0.15) is 18.0 Å². The van der Waals surface area contributed by atoms with Crippen LogP contribution in [-0.4, -0.2) is 74.3 Å². The van der Waals surface area contributed by atoms with Crippen LogP contribution in [0.4, 0.5) is 0 Å². The van der Waals surface area contributed by atoms with E-state index in [9.17, 15) is 29.4 Å². The van der Waals surface area contributed by atoms with Crippen LogP contribution in [0.25, 0.3) is 0 Å². The van der Waals surface area contributed by atoms with Gasteiger partial charge in [0, 0.05) is 6.42 Å². The van der Waals surface area contributed by atoms with Gasteiger partial charge in [-0.3, -0.25) is 19.2 Å². The number of hydrogen-bond donors (Lipinski definition) is 5. The molecule has 5 N–H and O–H groups in total. The summed E-state index contributed by atoms with van der Waals surface area (Å²) in [5.74, 6) is -6.16. The van der Waals surface area contributed by atoms with Gasteiger partial charge in [0.25, 0.3) is 0 Å². The molecule has 0 heterocycles. The van der Waals surface area contributed by atoms with Crippen LogP contribution in [0, 0.1) is 5.41 Å². The molecule has 0 saturated carbocycles. The largest absolute Gasteiger partial charge is 0.480 e.